The molecule has 2 heterocycles. The second kappa shape index (κ2) is 4.23. The van der Waals surface area contributed by atoms with Gasteiger partial charge in [-0.05, 0) is 18.5 Å². The quantitative estimate of drug-likeness (QED) is 0.680. The summed E-state index contributed by atoms with van der Waals surface area (Å²) in [6.07, 6.45) is 1.88. The van der Waals surface area contributed by atoms with Crippen molar-refractivity contribution in [2.45, 2.75) is 6.32 Å². The molecule has 1 fully saturated rings. The minimum Gasteiger partial charge on any atom is -0.506 e. The van der Waals surface area contributed by atoms with Crippen LogP contribution in [0.5, 0.6) is 5.75 Å². The average molecular weight is 215 g/mol. The second-order valence-electron chi connectivity index (χ2n) is 3.73. The molecule has 1 aliphatic heterocycles. The van der Waals surface area contributed by atoms with Gasteiger partial charge in [0.15, 0.2) is 0 Å². The van der Waals surface area contributed by atoms with Crippen LogP contribution in [0, 0.1) is 11.2 Å². The zero-order chi connectivity index (χ0) is 11.5. The lowest BCUT2D eigenvalue weighted by Crippen LogP contribution is -2.45. The molecule has 1 aromatic rings. The van der Waals surface area contributed by atoms with Gasteiger partial charge in [-0.2, -0.15) is 0 Å². The van der Waals surface area contributed by atoms with Crippen molar-refractivity contribution in [3.05, 3.63) is 18.3 Å². The van der Waals surface area contributed by atoms with Crippen molar-refractivity contribution >= 4 is 18.2 Å². The van der Waals surface area contributed by atoms with Crippen LogP contribution in [0.4, 0.5) is 5.82 Å². The maximum Gasteiger partial charge on any atom is 0.348 e. The maximum absolute atomic E-state index is 11.5. The Bertz CT molecular complexity index is 440. The topological polar surface area (TPSA) is 77.2 Å². The van der Waals surface area contributed by atoms with E-state index < -0.39 is 6.71 Å². The number of carbonyl (C=O) groups excluding carboxylic acids is 1. The van der Waals surface area contributed by atoms with Crippen molar-refractivity contribution < 1.29 is 9.90 Å². The first kappa shape index (κ1) is 10.5. The number of nitriles is 1. The number of rotatable bonds is 1. The zero-order valence-corrected chi connectivity index (χ0v) is 8.63. The van der Waals surface area contributed by atoms with Crippen LogP contribution in [-0.4, -0.2) is 35.6 Å². The van der Waals surface area contributed by atoms with Gasteiger partial charge in [0.2, 0.25) is 0 Å². The third kappa shape index (κ3) is 1.98. The first-order chi connectivity index (χ1) is 7.70. The fourth-order valence-corrected chi connectivity index (χ4v) is 1.72. The zero-order valence-electron chi connectivity index (χ0n) is 8.63. The first-order valence-corrected chi connectivity index (χ1v) is 5.03. The molecule has 0 aliphatic carbocycles. The summed E-state index contributed by atoms with van der Waals surface area (Å²) in [4.78, 5) is 17.4. The summed E-state index contributed by atoms with van der Waals surface area (Å²) in [6, 6.07) is 3.19. The summed E-state index contributed by atoms with van der Waals surface area (Å²) in [5, 5.41) is 17.8. The van der Waals surface area contributed by atoms with E-state index in [-0.39, 0.29) is 18.0 Å². The molecule has 0 amide bonds. The molecule has 80 valence electrons. The minimum absolute atomic E-state index is 0.0661. The van der Waals surface area contributed by atoms with Gasteiger partial charge in [-0.1, -0.05) is 0 Å². The molecule has 1 aliphatic rings. The Morgan fingerprint density at radius 1 is 1.56 bits per heavy atom. The van der Waals surface area contributed by atoms with E-state index in [0.29, 0.717) is 18.7 Å². The number of aromatic nitrogens is 1. The number of pyridine rings is 1. The highest BCUT2D eigenvalue weighted by molar-refractivity contribution is 6.96. The number of aromatic hydroxyl groups is 1. The van der Waals surface area contributed by atoms with Gasteiger partial charge in [0.1, 0.15) is 17.2 Å². The molecule has 16 heavy (non-hydrogen) atoms. The molecule has 6 heteroatoms. The van der Waals surface area contributed by atoms with E-state index in [1.807, 2.05) is 10.9 Å². The average Bonchev–Trinajstić information content (AvgIpc) is 2.30. The van der Waals surface area contributed by atoms with Crippen molar-refractivity contribution in [3.63, 3.8) is 0 Å². The van der Waals surface area contributed by atoms with Crippen LogP contribution in [0.1, 0.15) is 0 Å². The molecule has 0 radical (unpaired) electrons. The minimum atomic E-state index is -0.478. The maximum atomic E-state index is 11.5. The molecule has 0 atom stereocenters. The van der Waals surface area contributed by atoms with Gasteiger partial charge in [0.25, 0.3) is 0 Å². The Balaban J connectivity index is 2.11. The lowest BCUT2D eigenvalue weighted by atomic mass is 9.44. The molecule has 2 rings (SSSR count). The van der Waals surface area contributed by atoms with E-state index in [1.165, 1.54) is 12.3 Å². The monoisotopic (exact) mass is 215 g/mol. The molecule has 0 unspecified atom stereocenters. The van der Waals surface area contributed by atoms with Crippen LogP contribution < -0.4 is 4.90 Å². The fraction of sp³-hybridized carbons (Fsp3) is 0.300. The van der Waals surface area contributed by atoms with E-state index in [0.717, 1.165) is 0 Å². The Morgan fingerprint density at radius 2 is 2.38 bits per heavy atom. The van der Waals surface area contributed by atoms with Crippen LogP contribution >= 0.6 is 0 Å². The van der Waals surface area contributed by atoms with E-state index >= 15 is 0 Å². The highest BCUT2D eigenvalue weighted by Crippen LogP contribution is 2.18. The fourth-order valence-electron chi connectivity index (χ4n) is 1.72. The van der Waals surface area contributed by atoms with E-state index in [2.05, 4.69) is 4.98 Å². The molecular weight excluding hydrogens is 205 g/mol. The number of hydrogen-bond acceptors (Lipinski definition) is 5. The molecule has 1 N–H and O–H groups in total. The summed E-state index contributed by atoms with van der Waals surface area (Å²) < 4.78 is 0. The van der Waals surface area contributed by atoms with E-state index in [1.54, 1.807) is 6.07 Å². The predicted octanol–water partition coefficient (Wildman–Crippen LogP) is 0.273. The second-order valence-corrected chi connectivity index (χ2v) is 3.73. The van der Waals surface area contributed by atoms with E-state index in [9.17, 15) is 4.79 Å². The van der Waals surface area contributed by atoms with Gasteiger partial charge in [-0.3, -0.25) is 0 Å². The summed E-state index contributed by atoms with van der Waals surface area (Å²) in [6.45, 7) is 0.381. The smallest absolute Gasteiger partial charge is 0.348 e. The van der Waals surface area contributed by atoms with Crippen molar-refractivity contribution in [2.75, 3.05) is 18.0 Å². The van der Waals surface area contributed by atoms with Crippen LogP contribution in [0.25, 0.3) is 0 Å². The van der Waals surface area contributed by atoms with Crippen LogP contribution in [0.3, 0.4) is 0 Å². The largest absolute Gasteiger partial charge is 0.506 e. The lowest BCUT2D eigenvalue weighted by Gasteiger charge is -2.27. The Kier molecular flexibility index (Phi) is 2.77. The predicted molar refractivity (Wildman–Crippen MR) is 59.3 cm³/mol. The first-order valence-electron chi connectivity index (χ1n) is 5.03. The lowest BCUT2D eigenvalue weighted by molar-refractivity contribution is -0.111. The number of anilines is 1. The summed E-state index contributed by atoms with van der Waals surface area (Å²) >= 11 is 0. The van der Waals surface area contributed by atoms with Gasteiger partial charge in [-0.25, -0.2) is 10.2 Å². The van der Waals surface area contributed by atoms with Crippen molar-refractivity contribution in [3.8, 4) is 11.7 Å². The molecule has 1 aromatic heterocycles. The number of nitrogens with zero attached hydrogens (tertiary/aromatic N) is 3. The van der Waals surface area contributed by atoms with Gasteiger partial charge >= 0.3 is 6.71 Å². The third-order valence-corrected chi connectivity index (χ3v) is 2.64. The van der Waals surface area contributed by atoms with Gasteiger partial charge in [-0.15, -0.1) is 0 Å². The van der Waals surface area contributed by atoms with Gasteiger partial charge in [0.05, 0.1) is 12.7 Å². The number of carbonyl (C=O) groups is 1. The van der Waals surface area contributed by atoms with Crippen molar-refractivity contribution in [1.82, 2.24) is 4.98 Å². The highest BCUT2D eigenvalue weighted by atomic mass is 16.3. The molecule has 5 nitrogen and oxygen atoms in total. The molecule has 0 bridgehead atoms. The standard InChI is InChI=1S/C10H10BN3O2/c12-7-11-3-4-14(6-9(11)16)10-2-1-8(15)5-13-10/h1-2,5,15H,3-4,6H2. The molecule has 1 saturated heterocycles. The van der Waals surface area contributed by atoms with Gasteiger partial charge in [0, 0.05) is 12.5 Å². The molecule has 0 saturated carbocycles. The molecule has 0 aromatic carbocycles. The van der Waals surface area contributed by atoms with Crippen molar-refractivity contribution in [2.24, 2.45) is 0 Å². The molecule has 0 spiro atoms. The number of hydrogen-bond donors (Lipinski definition) is 1. The molecular formula is C10H10BN3O2. The summed E-state index contributed by atoms with van der Waals surface area (Å²) in [7, 11) is 0. The normalized spacial score (nSPS) is 16.1. The van der Waals surface area contributed by atoms with Crippen molar-refractivity contribution in [1.29, 1.82) is 5.26 Å². The Labute approximate surface area is 93.4 Å². The highest BCUT2D eigenvalue weighted by Gasteiger charge is 2.31. The SMILES string of the molecule is N#CB1CCN(c2ccc(O)cn2)CC1=O. The third-order valence-electron chi connectivity index (χ3n) is 2.64. The summed E-state index contributed by atoms with van der Waals surface area (Å²) in [5.41, 5.74) is -0.0661. The van der Waals surface area contributed by atoms with Crippen LogP contribution in [-0.2, 0) is 4.79 Å². The Hall–Kier alpha value is -2.03. The van der Waals surface area contributed by atoms with Gasteiger partial charge < -0.3 is 14.8 Å². The van der Waals surface area contributed by atoms with Crippen LogP contribution in [0.15, 0.2) is 18.3 Å². The van der Waals surface area contributed by atoms with Crippen LogP contribution in [0.2, 0.25) is 6.32 Å². The summed E-state index contributed by atoms with van der Waals surface area (Å²) in [5.74, 6) is 2.75. The van der Waals surface area contributed by atoms with E-state index in [4.69, 9.17) is 10.4 Å². The Morgan fingerprint density at radius 3 is 2.94 bits per heavy atom.